The van der Waals surface area contributed by atoms with E-state index in [1.54, 1.807) is 0 Å². The molecule has 1 aromatic carbocycles. The van der Waals surface area contributed by atoms with Gasteiger partial charge < -0.3 is 0 Å². The summed E-state index contributed by atoms with van der Waals surface area (Å²) in [6.07, 6.45) is 2.03. The van der Waals surface area contributed by atoms with E-state index >= 15 is 0 Å². The van der Waals surface area contributed by atoms with Crippen LogP contribution in [0.4, 0.5) is 5.13 Å². The van der Waals surface area contributed by atoms with E-state index in [1.807, 2.05) is 0 Å². The fourth-order valence-electron chi connectivity index (χ4n) is 2.73. The van der Waals surface area contributed by atoms with Gasteiger partial charge in [0.1, 0.15) is 0 Å². The molecule has 0 saturated heterocycles. The van der Waals surface area contributed by atoms with Crippen LogP contribution >= 0.6 is 11.3 Å². The van der Waals surface area contributed by atoms with Gasteiger partial charge in [-0.05, 0) is 38.1 Å². The van der Waals surface area contributed by atoms with Gasteiger partial charge in [0.05, 0.1) is 10.6 Å². The Labute approximate surface area is 151 Å². The number of rotatable bonds is 4. The minimum absolute atomic E-state index is 0.197. The van der Waals surface area contributed by atoms with Crippen LogP contribution in [0, 0.1) is 0 Å². The molecule has 3 rings (SSSR count). The quantitative estimate of drug-likeness (QED) is 0.883. The Morgan fingerprint density at radius 3 is 2.56 bits per heavy atom. The van der Waals surface area contributed by atoms with Crippen molar-refractivity contribution < 1.29 is 13.2 Å². The summed E-state index contributed by atoms with van der Waals surface area (Å²) in [5.41, 5.74) is 1.47. The average Bonchev–Trinajstić information content (AvgIpc) is 2.95. The number of carbonyl (C=O) groups excluding carboxylic acids is 1. The number of sulfone groups is 1. The minimum atomic E-state index is -3.27. The third-order valence-electron chi connectivity index (χ3n) is 4.26. The Bertz CT molecular complexity index is 886. The van der Waals surface area contributed by atoms with Crippen LogP contribution in [-0.2, 0) is 22.8 Å². The molecule has 0 spiro atoms. The lowest BCUT2D eigenvalue weighted by atomic mass is 10.1. The van der Waals surface area contributed by atoms with Crippen molar-refractivity contribution in [1.82, 2.24) is 9.88 Å². The number of carbonyl (C=O) groups is 1. The standard InChI is InChI=1S/C17H21N3O3S2/c1-11(2)20-9-8-14-15(10-20)24-17(18-14)19-16(21)12-4-6-13(7-5-12)25(3,22)23/h4-7,11H,8-10H2,1-3H3,(H,18,19,21). The lowest BCUT2D eigenvalue weighted by Gasteiger charge is -2.29. The van der Waals surface area contributed by atoms with E-state index in [4.69, 9.17) is 0 Å². The van der Waals surface area contributed by atoms with Crippen LogP contribution < -0.4 is 5.32 Å². The molecule has 1 aromatic heterocycles. The predicted octanol–water partition coefficient (Wildman–Crippen LogP) is 2.57. The number of hydrogen-bond acceptors (Lipinski definition) is 6. The smallest absolute Gasteiger partial charge is 0.257 e. The molecular weight excluding hydrogens is 358 g/mol. The first kappa shape index (κ1) is 18.0. The summed E-state index contributed by atoms with van der Waals surface area (Å²) < 4.78 is 23.0. The lowest BCUT2D eigenvalue weighted by molar-refractivity contribution is 0.102. The zero-order valence-electron chi connectivity index (χ0n) is 14.4. The maximum absolute atomic E-state index is 12.4. The topological polar surface area (TPSA) is 79.4 Å². The zero-order valence-corrected chi connectivity index (χ0v) is 16.1. The zero-order chi connectivity index (χ0) is 18.2. The Balaban J connectivity index is 1.72. The molecule has 0 radical (unpaired) electrons. The molecule has 0 fully saturated rings. The molecule has 6 nitrogen and oxygen atoms in total. The van der Waals surface area contributed by atoms with Gasteiger partial charge >= 0.3 is 0 Å². The van der Waals surface area contributed by atoms with Crippen molar-refractivity contribution >= 4 is 32.2 Å². The molecule has 1 amide bonds. The van der Waals surface area contributed by atoms with Crippen molar-refractivity contribution in [1.29, 1.82) is 0 Å². The number of nitrogens with zero attached hydrogens (tertiary/aromatic N) is 2. The van der Waals surface area contributed by atoms with Gasteiger partial charge in [-0.25, -0.2) is 13.4 Å². The molecule has 1 aliphatic heterocycles. The van der Waals surface area contributed by atoms with E-state index in [0.29, 0.717) is 16.7 Å². The second-order valence-electron chi connectivity index (χ2n) is 6.45. The number of fused-ring (bicyclic) bond motifs is 1. The van der Waals surface area contributed by atoms with E-state index in [2.05, 4.69) is 29.0 Å². The molecule has 25 heavy (non-hydrogen) atoms. The first-order valence-corrected chi connectivity index (χ1v) is 10.8. The average molecular weight is 380 g/mol. The maximum Gasteiger partial charge on any atom is 0.257 e. The number of nitrogens with one attached hydrogen (secondary N) is 1. The Morgan fingerprint density at radius 1 is 1.28 bits per heavy atom. The van der Waals surface area contributed by atoms with E-state index < -0.39 is 9.84 Å². The van der Waals surface area contributed by atoms with Crippen molar-refractivity contribution in [2.45, 2.75) is 37.8 Å². The fraction of sp³-hybridized carbons (Fsp3) is 0.412. The molecule has 134 valence electrons. The maximum atomic E-state index is 12.4. The molecule has 0 bridgehead atoms. The highest BCUT2D eigenvalue weighted by molar-refractivity contribution is 7.90. The van der Waals surface area contributed by atoms with E-state index in [-0.39, 0.29) is 10.8 Å². The molecule has 0 saturated carbocycles. The first-order chi connectivity index (χ1) is 11.7. The van der Waals surface area contributed by atoms with Gasteiger partial charge in [0.15, 0.2) is 15.0 Å². The Morgan fingerprint density at radius 2 is 1.96 bits per heavy atom. The molecule has 0 aliphatic carbocycles. The second kappa shape index (κ2) is 6.86. The second-order valence-corrected chi connectivity index (χ2v) is 9.55. The van der Waals surface area contributed by atoms with Gasteiger partial charge in [0, 0.05) is 42.2 Å². The van der Waals surface area contributed by atoms with Crippen LogP contribution in [0.25, 0.3) is 0 Å². The SMILES string of the molecule is CC(C)N1CCc2nc(NC(=O)c3ccc(S(C)(=O)=O)cc3)sc2C1. The van der Waals surface area contributed by atoms with Crippen molar-refractivity contribution in [2.24, 2.45) is 0 Å². The molecule has 1 aliphatic rings. The minimum Gasteiger partial charge on any atom is -0.298 e. The van der Waals surface area contributed by atoms with Crippen molar-refractivity contribution in [2.75, 3.05) is 18.1 Å². The third kappa shape index (κ3) is 4.08. The highest BCUT2D eigenvalue weighted by Crippen LogP contribution is 2.29. The molecule has 0 atom stereocenters. The van der Waals surface area contributed by atoms with Crippen molar-refractivity contribution in [3.8, 4) is 0 Å². The Kier molecular flexibility index (Phi) is 4.95. The summed E-state index contributed by atoms with van der Waals surface area (Å²) in [6, 6.07) is 6.40. The van der Waals surface area contributed by atoms with Gasteiger partial charge in [-0.15, -0.1) is 11.3 Å². The highest BCUT2D eigenvalue weighted by atomic mass is 32.2. The molecular formula is C17H21N3O3S2. The summed E-state index contributed by atoms with van der Waals surface area (Å²) >= 11 is 1.51. The number of anilines is 1. The van der Waals surface area contributed by atoms with Gasteiger partial charge in [-0.3, -0.25) is 15.0 Å². The van der Waals surface area contributed by atoms with E-state index in [9.17, 15) is 13.2 Å². The van der Waals surface area contributed by atoms with Crippen LogP contribution in [0.1, 0.15) is 34.8 Å². The number of amides is 1. The number of aromatic nitrogens is 1. The summed E-state index contributed by atoms with van der Waals surface area (Å²) in [5, 5.41) is 3.41. The van der Waals surface area contributed by atoms with Crippen LogP contribution in [0.2, 0.25) is 0 Å². The number of benzene rings is 1. The van der Waals surface area contributed by atoms with Gasteiger partial charge in [0.2, 0.25) is 0 Å². The van der Waals surface area contributed by atoms with Crippen LogP contribution in [0.5, 0.6) is 0 Å². The van der Waals surface area contributed by atoms with Crippen LogP contribution in [-0.4, -0.2) is 43.1 Å². The summed E-state index contributed by atoms with van der Waals surface area (Å²) in [7, 11) is -3.27. The van der Waals surface area contributed by atoms with Crippen molar-refractivity contribution in [3.05, 3.63) is 40.4 Å². The summed E-state index contributed by atoms with van der Waals surface area (Å²) in [4.78, 5) is 20.7. The van der Waals surface area contributed by atoms with Gasteiger partial charge in [-0.2, -0.15) is 0 Å². The summed E-state index contributed by atoms with van der Waals surface area (Å²) in [6.45, 7) is 6.20. The predicted molar refractivity (Wildman–Crippen MR) is 98.9 cm³/mol. The number of thiazole rings is 1. The molecule has 2 heterocycles. The fourth-order valence-corrected chi connectivity index (χ4v) is 4.39. The van der Waals surface area contributed by atoms with Crippen molar-refractivity contribution in [3.63, 3.8) is 0 Å². The lowest BCUT2D eigenvalue weighted by Crippen LogP contribution is -2.35. The van der Waals surface area contributed by atoms with E-state index in [0.717, 1.165) is 31.5 Å². The molecule has 0 unspecified atom stereocenters. The highest BCUT2D eigenvalue weighted by Gasteiger charge is 2.23. The van der Waals surface area contributed by atoms with Gasteiger partial charge in [0.25, 0.3) is 5.91 Å². The van der Waals surface area contributed by atoms with Crippen LogP contribution in [0.15, 0.2) is 29.2 Å². The number of hydrogen-bond donors (Lipinski definition) is 1. The molecule has 1 N–H and O–H groups in total. The van der Waals surface area contributed by atoms with Gasteiger partial charge in [-0.1, -0.05) is 0 Å². The first-order valence-electron chi connectivity index (χ1n) is 8.08. The largest absolute Gasteiger partial charge is 0.298 e. The third-order valence-corrected chi connectivity index (χ3v) is 6.38. The monoisotopic (exact) mass is 379 g/mol. The van der Waals surface area contributed by atoms with Crippen LogP contribution in [0.3, 0.4) is 0 Å². The van der Waals surface area contributed by atoms with E-state index in [1.165, 1.54) is 40.5 Å². The normalized spacial score (nSPS) is 15.2. The summed E-state index contributed by atoms with van der Waals surface area (Å²) in [5.74, 6) is -0.285. The molecule has 2 aromatic rings. The molecule has 8 heteroatoms. The Hall–Kier alpha value is -1.77.